The van der Waals surface area contributed by atoms with Crippen LogP contribution < -0.4 is 4.74 Å². The summed E-state index contributed by atoms with van der Waals surface area (Å²) >= 11 is 0. The molecule has 1 aromatic carbocycles. The Hall–Kier alpha value is -3.42. The minimum Gasteiger partial charge on any atom is -0.507 e. The minimum atomic E-state index is -0.735. The zero-order valence-electron chi connectivity index (χ0n) is 13.0. The highest BCUT2D eigenvalue weighted by atomic mass is 16.5. The van der Waals surface area contributed by atoms with E-state index in [2.05, 4.69) is 24.9 Å². The molecule has 0 saturated heterocycles. The van der Waals surface area contributed by atoms with Gasteiger partial charge in [-0.3, -0.25) is 0 Å². The molecule has 2 heterocycles. The Labute approximate surface area is 137 Å². The number of carbonyl (C=O) groups is 1. The number of phenols is 1. The van der Waals surface area contributed by atoms with Crippen LogP contribution >= 0.6 is 0 Å². The number of ether oxygens (including phenoxy) is 1. The largest absolute Gasteiger partial charge is 0.507 e. The van der Waals surface area contributed by atoms with Crippen LogP contribution in [0.3, 0.4) is 0 Å². The molecule has 8 nitrogen and oxygen atoms in total. The van der Waals surface area contributed by atoms with Gasteiger partial charge in [0.1, 0.15) is 18.4 Å². The molecule has 0 fully saturated rings. The molecule has 0 saturated carbocycles. The fourth-order valence-corrected chi connectivity index (χ4v) is 2.11. The summed E-state index contributed by atoms with van der Waals surface area (Å²) < 4.78 is 5.10. The first-order valence-corrected chi connectivity index (χ1v) is 7.01. The van der Waals surface area contributed by atoms with Gasteiger partial charge in [-0.25, -0.2) is 29.7 Å². The van der Waals surface area contributed by atoms with Crippen molar-refractivity contribution in [1.29, 1.82) is 0 Å². The molecular weight excluding hydrogens is 310 g/mol. The van der Waals surface area contributed by atoms with Crippen LogP contribution in [0.2, 0.25) is 0 Å². The Bertz CT molecular complexity index is 876. The number of hydrogen-bond donors (Lipinski definition) is 1. The number of aromatic hydroxyl groups is 1. The van der Waals surface area contributed by atoms with Crippen molar-refractivity contribution in [2.24, 2.45) is 0 Å². The highest BCUT2D eigenvalue weighted by molar-refractivity contribution is 5.87. The molecule has 3 aromatic rings. The predicted octanol–water partition coefficient (Wildman–Crippen LogP) is 1.87. The molecule has 0 aliphatic heterocycles. The smallest absolute Gasteiger partial charge is 0.382 e. The molecule has 0 spiro atoms. The van der Waals surface area contributed by atoms with Gasteiger partial charge in [-0.1, -0.05) is 0 Å². The van der Waals surface area contributed by atoms with Crippen molar-refractivity contribution >= 4 is 5.97 Å². The molecule has 1 N–H and O–H groups in total. The molecule has 0 amide bonds. The van der Waals surface area contributed by atoms with E-state index >= 15 is 0 Å². The first kappa shape index (κ1) is 15.5. The third kappa shape index (κ3) is 3.17. The van der Waals surface area contributed by atoms with Crippen molar-refractivity contribution in [2.75, 3.05) is 0 Å². The van der Waals surface area contributed by atoms with Crippen LogP contribution in [-0.4, -0.2) is 36.0 Å². The molecule has 24 heavy (non-hydrogen) atoms. The number of esters is 1. The molecular formula is C16H13N5O3. The van der Waals surface area contributed by atoms with E-state index in [1.807, 2.05) is 0 Å². The average Bonchev–Trinajstić information content (AvgIpc) is 2.60. The maximum atomic E-state index is 12.1. The number of hydrogen-bond acceptors (Lipinski definition) is 8. The third-order valence-corrected chi connectivity index (χ3v) is 3.25. The Balaban J connectivity index is 1.91. The summed E-state index contributed by atoms with van der Waals surface area (Å²) in [5.74, 6) is -0.141. The van der Waals surface area contributed by atoms with Crippen LogP contribution in [0.25, 0.3) is 11.4 Å². The Kier molecular flexibility index (Phi) is 4.11. The van der Waals surface area contributed by atoms with Crippen molar-refractivity contribution < 1.29 is 14.6 Å². The first-order valence-electron chi connectivity index (χ1n) is 7.01. The molecule has 3 rings (SSSR count). The number of carbonyl (C=O) groups excluding carboxylic acids is 1. The van der Waals surface area contributed by atoms with Gasteiger partial charge >= 0.3 is 5.97 Å². The molecule has 0 atom stereocenters. The first-order chi connectivity index (χ1) is 11.5. The second-order valence-electron chi connectivity index (χ2n) is 5.06. The summed E-state index contributed by atoms with van der Waals surface area (Å²) in [6, 6.07) is 3.47. The van der Waals surface area contributed by atoms with Crippen LogP contribution in [-0.2, 0) is 0 Å². The van der Waals surface area contributed by atoms with Gasteiger partial charge in [0, 0.05) is 5.56 Å². The van der Waals surface area contributed by atoms with Gasteiger partial charge in [0.2, 0.25) is 5.82 Å². The minimum absolute atomic E-state index is 0.132. The number of nitrogens with zero attached hydrogens (tertiary/aromatic N) is 5. The standard InChI is InChI=1S/C16H13N5O3/c1-9-3-11(4-10(2)13(9)22)14-19-8-20-15(21-14)16(23)24-12-5-17-7-18-6-12/h3-8,22H,1-2H3. The van der Waals surface area contributed by atoms with E-state index in [1.54, 1.807) is 26.0 Å². The molecule has 2 aromatic heterocycles. The number of benzene rings is 1. The van der Waals surface area contributed by atoms with Gasteiger partial charge in [-0.2, -0.15) is 0 Å². The maximum absolute atomic E-state index is 12.1. The van der Waals surface area contributed by atoms with E-state index in [1.165, 1.54) is 25.0 Å². The van der Waals surface area contributed by atoms with Crippen LogP contribution in [0.4, 0.5) is 0 Å². The fourth-order valence-electron chi connectivity index (χ4n) is 2.11. The Morgan fingerprint density at radius 2 is 1.71 bits per heavy atom. The molecule has 0 radical (unpaired) electrons. The second-order valence-corrected chi connectivity index (χ2v) is 5.06. The van der Waals surface area contributed by atoms with E-state index < -0.39 is 5.97 Å². The third-order valence-electron chi connectivity index (χ3n) is 3.25. The van der Waals surface area contributed by atoms with Crippen LogP contribution in [0.15, 0.2) is 37.2 Å². The van der Waals surface area contributed by atoms with Gasteiger partial charge in [0.05, 0.1) is 12.4 Å². The predicted molar refractivity (Wildman–Crippen MR) is 83.4 cm³/mol. The van der Waals surface area contributed by atoms with Crippen molar-refractivity contribution in [3.63, 3.8) is 0 Å². The van der Waals surface area contributed by atoms with E-state index in [-0.39, 0.29) is 17.3 Å². The number of aryl methyl sites for hydroxylation is 2. The summed E-state index contributed by atoms with van der Waals surface area (Å²) in [5, 5.41) is 9.85. The van der Waals surface area contributed by atoms with Crippen molar-refractivity contribution in [3.8, 4) is 22.9 Å². The van der Waals surface area contributed by atoms with Crippen LogP contribution in [0.1, 0.15) is 21.7 Å². The van der Waals surface area contributed by atoms with Crippen LogP contribution in [0, 0.1) is 13.8 Å². The van der Waals surface area contributed by atoms with Gasteiger partial charge in [-0.15, -0.1) is 0 Å². The highest BCUT2D eigenvalue weighted by Gasteiger charge is 2.15. The summed E-state index contributed by atoms with van der Waals surface area (Å²) in [7, 11) is 0. The molecule has 0 unspecified atom stereocenters. The second kappa shape index (κ2) is 6.37. The Morgan fingerprint density at radius 1 is 1.04 bits per heavy atom. The quantitative estimate of drug-likeness (QED) is 0.727. The van der Waals surface area contributed by atoms with Gasteiger partial charge < -0.3 is 9.84 Å². The van der Waals surface area contributed by atoms with Crippen molar-refractivity contribution in [3.05, 3.63) is 54.1 Å². The van der Waals surface area contributed by atoms with Crippen LogP contribution in [0.5, 0.6) is 11.5 Å². The van der Waals surface area contributed by atoms with E-state index in [4.69, 9.17) is 4.74 Å². The van der Waals surface area contributed by atoms with E-state index in [9.17, 15) is 9.90 Å². The number of rotatable bonds is 3. The molecule has 120 valence electrons. The topological polar surface area (TPSA) is 111 Å². The Morgan fingerprint density at radius 3 is 2.38 bits per heavy atom. The lowest BCUT2D eigenvalue weighted by Gasteiger charge is -2.07. The SMILES string of the molecule is Cc1cc(-c2ncnc(C(=O)Oc3cncnc3)n2)cc(C)c1O. The average molecular weight is 323 g/mol. The lowest BCUT2D eigenvalue weighted by atomic mass is 10.1. The summed E-state index contributed by atoms with van der Waals surface area (Å²) in [6.07, 6.45) is 5.28. The zero-order valence-corrected chi connectivity index (χ0v) is 13.0. The van der Waals surface area contributed by atoms with Gasteiger partial charge in [0.15, 0.2) is 11.6 Å². The maximum Gasteiger partial charge on any atom is 0.382 e. The van der Waals surface area contributed by atoms with Crippen molar-refractivity contribution in [1.82, 2.24) is 24.9 Å². The zero-order chi connectivity index (χ0) is 17.1. The number of phenolic OH excluding ortho intramolecular Hbond substituents is 1. The fraction of sp³-hybridized carbons (Fsp3) is 0.125. The normalized spacial score (nSPS) is 10.4. The molecule has 0 aliphatic rings. The lowest BCUT2D eigenvalue weighted by molar-refractivity contribution is 0.0720. The summed E-state index contributed by atoms with van der Waals surface area (Å²) in [4.78, 5) is 31.7. The van der Waals surface area contributed by atoms with Gasteiger partial charge in [-0.05, 0) is 37.1 Å². The van der Waals surface area contributed by atoms with E-state index in [0.29, 0.717) is 22.5 Å². The molecule has 0 aliphatic carbocycles. The summed E-state index contributed by atoms with van der Waals surface area (Å²) in [5.41, 5.74) is 2.05. The molecule has 8 heteroatoms. The van der Waals surface area contributed by atoms with E-state index in [0.717, 1.165) is 0 Å². The van der Waals surface area contributed by atoms with Gasteiger partial charge in [0.25, 0.3) is 0 Å². The summed E-state index contributed by atoms with van der Waals surface area (Å²) in [6.45, 7) is 3.55. The number of aromatic nitrogens is 5. The lowest BCUT2D eigenvalue weighted by Crippen LogP contribution is -2.14. The van der Waals surface area contributed by atoms with Crippen molar-refractivity contribution in [2.45, 2.75) is 13.8 Å². The molecule has 0 bridgehead atoms. The highest BCUT2D eigenvalue weighted by Crippen LogP contribution is 2.27. The monoisotopic (exact) mass is 323 g/mol.